The van der Waals surface area contributed by atoms with E-state index >= 15 is 0 Å². The van der Waals surface area contributed by atoms with E-state index in [1.165, 1.54) is 0 Å². The van der Waals surface area contributed by atoms with Gasteiger partial charge in [-0.15, -0.1) is 0 Å². The molecule has 0 aromatic heterocycles. The highest BCUT2D eigenvalue weighted by Gasteiger charge is 2.35. The first kappa shape index (κ1) is 31.8. The summed E-state index contributed by atoms with van der Waals surface area (Å²) in [6.07, 6.45) is 5.82. The summed E-state index contributed by atoms with van der Waals surface area (Å²) in [5.74, 6) is -0.474. The second kappa shape index (κ2) is 16.5. The monoisotopic (exact) mass is 521 g/mol. The van der Waals surface area contributed by atoms with Crippen LogP contribution in [0.4, 0.5) is 4.79 Å². The second-order valence-electron chi connectivity index (χ2n) is 10.1. The van der Waals surface area contributed by atoms with Gasteiger partial charge in [-0.3, -0.25) is 9.59 Å². The van der Waals surface area contributed by atoms with Crippen LogP contribution < -0.4 is 10.6 Å². The lowest BCUT2D eigenvalue weighted by Gasteiger charge is -2.34. The second-order valence-corrected chi connectivity index (χ2v) is 10.5. The molecular weight excluding hydrogens is 474 g/mol. The van der Waals surface area contributed by atoms with E-state index in [0.717, 1.165) is 56.1 Å². The van der Waals surface area contributed by atoms with E-state index in [1.54, 1.807) is 25.7 Å². The Morgan fingerprint density at radius 1 is 0.972 bits per heavy atom. The highest BCUT2D eigenvalue weighted by Crippen LogP contribution is 2.24. The summed E-state index contributed by atoms with van der Waals surface area (Å²) >= 11 is 4.34. The normalized spacial score (nSPS) is 13.0. The minimum absolute atomic E-state index is 0.0853. The Bertz CT molecular complexity index is 808. The smallest absolute Gasteiger partial charge is 0.408 e. The topological polar surface area (TPSA) is 87.7 Å². The molecule has 1 aromatic rings. The number of alkyl carbamates (subject to hydrolysis) is 1. The van der Waals surface area contributed by atoms with Crippen molar-refractivity contribution in [3.8, 4) is 0 Å². The number of ether oxygens (including phenoxy) is 1. The van der Waals surface area contributed by atoms with Crippen molar-refractivity contribution in [1.82, 2.24) is 15.5 Å². The van der Waals surface area contributed by atoms with E-state index in [0.29, 0.717) is 13.1 Å². The molecule has 8 heteroatoms. The van der Waals surface area contributed by atoms with Crippen molar-refractivity contribution in [1.29, 1.82) is 0 Å². The molecular formula is C28H47N3O4S. The van der Waals surface area contributed by atoms with Crippen LogP contribution in [-0.4, -0.2) is 53.3 Å². The maximum atomic E-state index is 13.8. The van der Waals surface area contributed by atoms with Gasteiger partial charge in [0.25, 0.3) is 0 Å². The van der Waals surface area contributed by atoms with Gasteiger partial charge in [-0.25, -0.2) is 4.79 Å². The van der Waals surface area contributed by atoms with Gasteiger partial charge in [0.1, 0.15) is 17.7 Å². The average molecular weight is 522 g/mol. The minimum atomic E-state index is -0.921. The number of thiol groups is 1. The first-order valence-corrected chi connectivity index (χ1v) is 14.0. The Morgan fingerprint density at radius 2 is 1.58 bits per heavy atom. The van der Waals surface area contributed by atoms with Crippen LogP contribution in [-0.2, 0) is 20.7 Å². The summed E-state index contributed by atoms with van der Waals surface area (Å²) in [4.78, 5) is 41.4. The molecule has 3 amide bonds. The van der Waals surface area contributed by atoms with Crippen molar-refractivity contribution in [3.63, 3.8) is 0 Å². The predicted molar refractivity (Wildman–Crippen MR) is 149 cm³/mol. The fourth-order valence-corrected chi connectivity index (χ4v) is 4.07. The number of carbonyl (C=O) groups excluding carboxylic acids is 3. The lowest BCUT2D eigenvalue weighted by molar-refractivity contribution is -0.142. The van der Waals surface area contributed by atoms with E-state index in [1.807, 2.05) is 24.3 Å². The Kier molecular flexibility index (Phi) is 14.6. The van der Waals surface area contributed by atoms with Gasteiger partial charge < -0.3 is 20.3 Å². The molecule has 0 radical (unpaired) electrons. The zero-order valence-electron chi connectivity index (χ0n) is 23.1. The quantitative estimate of drug-likeness (QED) is 0.212. The summed E-state index contributed by atoms with van der Waals surface area (Å²) in [7, 11) is 0. The third-order valence-corrected chi connectivity index (χ3v) is 6.17. The molecule has 0 aliphatic rings. The fraction of sp³-hybridized carbons (Fsp3) is 0.679. The number of aryl methyl sites for hydroxylation is 1. The molecule has 0 bridgehead atoms. The Balaban J connectivity index is 3.32. The lowest BCUT2D eigenvalue weighted by Crippen LogP contribution is -2.54. The highest BCUT2D eigenvalue weighted by molar-refractivity contribution is 7.80. The SMILES string of the molecule is CCCCCNC(=O)C(c1ccc(CC)cc1)N(CCCCC)C(=O)C(CS)NC(=O)OC(C)(C)C. The van der Waals surface area contributed by atoms with Gasteiger partial charge in [0.05, 0.1) is 0 Å². The third-order valence-electron chi connectivity index (χ3n) is 5.80. The zero-order chi connectivity index (χ0) is 27.1. The van der Waals surface area contributed by atoms with Crippen LogP contribution in [0.15, 0.2) is 24.3 Å². The third kappa shape index (κ3) is 11.2. The van der Waals surface area contributed by atoms with Gasteiger partial charge >= 0.3 is 6.09 Å². The van der Waals surface area contributed by atoms with Gasteiger partial charge in [-0.2, -0.15) is 12.6 Å². The average Bonchev–Trinajstić information content (AvgIpc) is 2.83. The number of nitrogens with one attached hydrogen (secondary N) is 2. The molecule has 1 rings (SSSR count). The summed E-state index contributed by atoms with van der Waals surface area (Å²) in [5.41, 5.74) is 1.21. The largest absolute Gasteiger partial charge is 0.444 e. The maximum absolute atomic E-state index is 13.8. The van der Waals surface area contributed by atoms with Crippen LogP contribution in [0.1, 0.15) is 97.2 Å². The fourth-order valence-electron chi connectivity index (χ4n) is 3.83. The number of benzene rings is 1. The predicted octanol–water partition coefficient (Wildman–Crippen LogP) is 5.44. The first-order valence-electron chi connectivity index (χ1n) is 13.3. The van der Waals surface area contributed by atoms with Gasteiger partial charge in [-0.05, 0) is 51.2 Å². The molecule has 0 saturated carbocycles. The number of rotatable bonds is 15. The van der Waals surface area contributed by atoms with Crippen molar-refractivity contribution < 1.29 is 19.1 Å². The van der Waals surface area contributed by atoms with E-state index in [4.69, 9.17) is 4.74 Å². The molecule has 2 N–H and O–H groups in total. The molecule has 0 fully saturated rings. The van der Waals surface area contributed by atoms with Crippen LogP contribution in [0.25, 0.3) is 0 Å². The van der Waals surface area contributed by atoms with E-state index in [-0.39, 0.29) is 17.6 Å². The molecule has 1 aromatic carbocycles. The molecule has 0 spiro atoms. The lowest BCUT2D eigenvalue weighted by atomic mass is 10.00. The van der Waals surface area contributed by atoms with Crippen LogP contribution >= 0.6 is 12.6 Å². The first-order chi connectivity index (χ1) is 17.1. The van der Waals surface area contributed by atoms with Crippen molar-refractivity contribution in [3.05, 3.63) is 35.4 Å². The van der Waals surface area contributed by atoms with E-state index in [2.05, 4.69) is 44.0 Å². The van der Waals surface area contributed by atoms with Crippen LogP contribution in [0.3, 0.4) is 0 Å². The number of unbranched alkanes of at least 4 members (excludes halogenated alkanes) is 4. The number of nitrogens with zero attached hydrogens (tertiary/aromatic N) is 1. The van der Waals surface area contributed by atoms with Gasteiger partial charge in [0.15, 0.2) is 0 Å². The standard InChI is InChI=1S/C28H47N3O4S/c1-7-10-12-18-29-25(32)24(22-16-14-21(9-3)15-17-22)31(19-13-11-8-2)26(33)23(20-36)30-27(34)35-28(4,5)6/h14-17,23-24,36H,7-13,18-20H2,1-6H3,(H,29,32)(H,30,34). The number of hydrogen-bond acceptors (Lipinski definition) is 5. The zero-order valence-corrected chi connectivity index (χ0v) is 24.0. The van der Waals surface area contributed by atoms with Crippen LogP contribution in [0.5, 0.6) is 0 Å². The number of amides is 3. The summed E-state index contributed by atoms with van der Waals surface area (Å²) < 4.78 is 5.36. The van der Waals surface area contributed by atoms with Crippen molar-refractivity contribution in [2.75, 3.05) is 18.8 Å². The molecule has 2 unspecified atom stereocenters. The van der Waals surface area contributed by atoms with Crippen LogP contribution in [0, 0.1) is 0 Å². The van der Waals surface area contributed by atoms with E-state index < -0.39 is 23.8 Å². The summed E-state index contributed by atoms with van der Waals surface area (Å²) in [6.45, 7) is 12.5. The van der Waals surface area contributed by atoms with Gasteiger partial charge in [0, 0.05) is 18.8 Å². The molecule has 2 atom stereocenters. The van der Waals surface area contributed by atoms with Crippen molar-refractivity contribution in [2.45, 2.75) is 104 Å². The van der Waals surface area contributed by atoms with Gasteiger partial charge in [0.2, 0.25) is 11.8 Å². The Labute approximate surface area is 223 Å². The minimum Gasteiger partial charge on any atom is -0.444 e. The molecule has 0 aliphatic heterocycles. The number of carbonyl (C=O) groups is 3. The highest BCUT2D eigenvalue weighted by atomic mass is 32.1. The van der Waals surface area contributed by atoms with Gasteiger partial charge in [-0.1, -0.05) is 70.7 Å². The molecule has 0 saturated heterocycles. The molecule has 204 valence electrons. The van der Waals surface area contributed by atoms with Crippen LogP contribution in [0.2, 0.25) is 0 Å². The Hall–Kier alpha value is -2.22. The maximum Gasteiger partial charge on any atom is 0.408 e. The molecule has 0 heterocycles. The van der Waals surface area contributed by atoms with Crippen molar-refractivity contribution >= 4 is 30.5 Å². The number of hydrogen-bond donors (Lipinski definition) is 3. The summed E-state index contributed by atoms with van der Waals surface area (Å²) in [6, 6.07) is 6.12. The Morgan fingerprint density at radius 3 is 2.11 bits per heavy atom. The molecule has 36 heavy (non-hydrogen) atoms. The molecule has 7 nitrogen and oxygen atoms in total. The summed E-state index contributed by atoms with van der Waals surface area (Å²) in [5, 5.41) is 5.69. The van der Waals surface area contributed by atoms with Crippen molar-refractivity contribution in [2.24, 2.45) is 0 Å². The molecule has 0 aliphatic carbocycles. The van der Waals surface area contributed by atoms with E-state index in [9.17, 15) is 14.4 Å².